The molecule has 1 aromatic rings. The molecule has 0 radical (unpaired) electrons. The summed E-state index contributed by atoms with van der Waals surface area (Å²) in [4.78, 5) is 1.08. The zero-order valence-corrected chi connectivity index (χ0v) is 11.0. The molecule has 1 rings (SSSR count). The molecule has 5 heteroatoms. The van der Waals surface area contributed by atoms with Gasteiger partial charge in [0.15, 0.2) is 9.84 Å². The maximum atomic E-state index is 11.3. The Morgan fingerprint density at radius 2 is 2.12 bits per heavy atom. The van der Waals surface area contributed by atoms with Gasteiger partial charge in [0, 0.05) is 22.9 Å². The van der Waals surface area contributed by atoms with Gasteiger partial charge < -0.3 is 5.73 Å². The molecule has 0 unspecified atom stereocenters. The summed E-state index contributed by atoms with van der Waals surface area (Å²) >= 11 is 1.56. The minimum atomic E-state index is -2.85. The van der Waals surface area contributed by atoms with Gasteiger partial charge in [0.05, 0.1) is 5.75 Å². The molecule has 0 spiro atoms. The Labute approximate surface area is 101 Å². The average Bonchev–Trinajstić information content (AvgIpc) is 2.29. The number of sulfone groups is 1. The molecule has 0 fully saturated rings. The Bertz CT molecular complexity index is 429. The molecule has 0 saturated carbocycles. The highest BCUT2D eigenvalue weighted by Crippen LogP contribution is 2.19. The van der Waals surface area contributed by atoms with Crippen LogP contribution in [0.1, 0.15) is 12.5 Å². The summed E-state index contributed by atoms with van der Waals surface area (Å²) in [5.74, 6) is 1.06. The minimum absolute atomic E-state index is 0.219. The van der Waals surface area contributed by atoms with Gasteiger partial charge in [-0.2, -0.15) is 0 Å². The maximum Gasteiger partial charge on any atom is 0.150 e. The van der Waals surface area contributed by atoms with Gasteiger partial charge in [0.25, 0.3) is 0 Å². The van der Waals surface area contributed by atoms with Crippen molar-refractivity contribution in [2.75, 3.05) is 17.3 Å². The van der Waals surface area contributed by atoms with E-state index in [1.165, 1.54) is 0 Å². The highest BCUT2D eigenvalue weighted by atomic mass is 32.2. The highest BCUT2D eigenvalue weighted by Gasteiger charge is 2.07. The number of hydrogen-bond donors (Lipinski definition) is 1. The van der Waals surface area contributed by atoms with Gasteiger partial charge in [-0.3, -0.25) is 0 Å². The Morgan fingerprint density at radius 3 is 2.75 bits per heavy atom. The lowest BCUT2D eigenvalue weighted by Gasteiger charge is -2.03. The summed E-state index contributed by atoms with van der Waals surface area (Å²) in [6.45, 7) is 2.19. The summed E-state index contributed by atoms with van der Waals surface area (Å²) in [6.07, 6.45) is 0. The molecule has 0 amide bonds. The lowest BCUT2D eigenvalue weighted by Crippen LogP contribution is -2.10. The molecular weight excluding hydrogens is 242 g/mol. The third-order valence-electron chi connectivity index (χ3n) is 2.24. The van der Waals surface area contributed by atoms with Crippen LogP contribution in [0.3, 0.4) is 0 Å². The largest absolute Gasteiger partial charge is 0.326 e. The van der Waals surface area contributed by atoms with Gasteiger partial charge in [-0.25, -0.2) is 8.42 Å². The number of hydrogen-bond acceptors (Lipinski definition) is 4. The summed E-state index contributed by atoms with van der Waals surface area (Å²) in [5, 5.41) is 0. The fourth-order valence-electron chi connectivity index (χ4n) is 1.19. The molecule has 0 atom stereocenters. The minimum Gasteiger partial charge on any atom is -0.326 e. The van der Waals surface area contributed by atoms with Crippen molar-refractivity contribution in [3.63, 3.8) is 0 Å². The Hall–Kier alpha value is -0.520. The standard InChI is InChI=1S/C11H17NO2S2/c1-2-16(13,14)7-6-15-11-5-3-4-10(8-11)9-12/h3-5,8H,2,6-7,9,12H2,1H3. The first kappa shape index (κ1) is 13.5. The predicted octanol–water partition coefficient (Wildman–Crippen LogP) is 1.67. The number of thioether (sulfide) groups is 1. The third-order valence-corrected chi connectivity index (χ3v) is 5.20. The van der Waals surface area contributed by atoms with E-state index in [0.717, 1.165) is 10.5 Å². The van der Waals surface area contributed by atoms with E-state index in [4.69, 9.17) is 5.73 Å². The second-order valence-corrected chi connectivity index (χ2v) is 7.08. The molecule has 0 aliphatic heterocycles. The second kappa shape index (κ2) is 6.27. The maximum absolute atomic E-state index is 11.3. The lowest BCUT2D eigenvalue weighted by atomic mass is 10.2. The first-order valence-electron chi connectivity index (χ1n) is 5.19. The molecule has 0 saturated heterocycles. The van der Waals surface area contributed by atoms with Crippen molar-refractivity contribution in [1.29, 1.82) is 0 Å². The van der Waals surface area contributed by atoms with Crippen LogP contribution in [0.5, 0.6) is 0 Å². The number of benzene rings is 1. The fourth-order valence-corrected chi connectivity index (χ4v) is 3.48. The third kappa shape index (κ3) is 4.55. The van der Waals surface area contributed by atoms with Crippen molar-refractivity contribution in [2.45, 2.75) is 18.4 Å². The van der Waals surface area contributed by atoms with E-state index in [2.05, 4.69) is 0 Å². The van der Waals surface area contributed by atoms with Crippen LogP contribution in [0.2, 0.25) is 0 Å². The van der Waals surface area contributed by atoms with E-state index < -0.39 is 9.84 Å². The molecular formula is C11H17NO2S2. The molecule has 0 bridgehead atoms. The van der Waals surface area contributed by atoms with Crippen molar-refractivity contribution in [1.82, 2.24) is 0 Å². The van der Waals surface area contributed by atoms with Gasteiger partial charge >= 0.3 is 0 Å². The van der Waals surface area contributed by atoms with Crippen LogP contribution >= 0.6 is 11.8 Å². The second-order valence-electron chi connectivity index (χ2n) is 3.44. The van der Waals surface area contributed by atoms with Crippen molar-refractivity contribution in [3.05, 3.63) is 29.8 Å². The molecule has 16 heavy (non-hydrogen) atoms. The fraction of sp³-hybridized carbons (Fsp3) is 0.455. The van der Waals surface area contributed by atoms with Crippen molar-refractivity contribution < 1.29 is 8.42 Å². The molecule has 0 aromatic heterocycles. The molecule has 0 aliphatic rings. The van der Waals surface area contributed by atoms with E-state index in [-0.39, 0.29) is 11.5 Å². The quantitative estimate of drug-likeness (QED) is 0.790. The Morgan fingerprint density at radius 1 is 1.38 bits per heavy atom. The van der Waals surface area contributed by atoms with E-state index in [1.54, 1.807) is 18.7 Å². The van der Waals surface area contributed by atoms with Crippen LogP contribution in [0.4, 0.5) is 0 Å². The summed E-state index contributed by atoms with van der Waals surface area (Å²) < 4.78 is 22.6. The van der Waals surface area contributed by atoms with Gasteiger partial charge in [-0.05, 0) is 17.7 Å². The van der Waals surface area contributed by atoms with E-state index in [1.807, 2.05) is 24.3 Å². The first-order chi connectivity index (χ1) is 7.57. The van der Waals surface area contributed by atoms with Gasteiger partial charge in [-0.15, -0.1) is 11.8 Å². The molecule has 2 N–H and O–H groups in total. The summed E-state index contributed by atoms with van der Waals surface area (Å²) in [5.41, 5.74) is 6.61. The SMILES string of the molecule is CCS(=O)(=O)CCSc1cccc(CN)c1. The Kier molecular flexibility index (Phi) is 5.31. The monoisotopic (exact) mass is 259 g/mol. The van der Waals surface area contributed by atoms with E-state index in [0.29, 0.717) is 12.3 Å². The van der Waals surface area contributed by atoms with Crippen LogP contribution in [-0.4, -0.2) is 25.7 Å². The van der Waals surface area contributed by atoms with Gasteiger partial charge in [0.2, 0.25) is 0 Å². The van der Waals surface area contributed by atoms with Gasteiger partial charge in [0.1, 0.15) is 0 Å². The molecule has 0 aliphatic carbocycles. The van der Waals surface area contributed by atoms with Crippen LogP contribution in [0.15, 0.2) is 29.2 Å². The molecule has 3 nitrogen and oxygen atoms in total. The highest BCUT2D eigenvalue weighted by molar-refractivity contribution is 8.00. The topological polar surface area (TPSA) is 60.2 Å². The average molecular weight is 259 g/mol. The molecule has 90 valence electrons. The van der Waals surface area contributed by atoms with Gasteiger partial charge in [-0.1, -0.05) is 19.1 Å². The zero-order valence-electron chi connectivity index (χ0n) is 9.35. The smallest absolute Gasteiger partial charge is 0.150 e. The molecule has 1 aromatic carbocycles. The summed E-state index contributed by atoms with van der Waals surface area (Å²) in [6, 6.07) is 7.89. The van der Waals surface area contributed by atoms with E-state index >= 15 is 0 Å². The summed E-state index contributed by atoms with van der Waals surface area (Å²) in [7, 11) is -2.85. The van der Waals surface area contributed by atoms with Crippen LogP contribution < -0.4 is 5.73 Å². The van der Waals surface area contributed by atoms with Crippen LogP contribution in [0, 0.1) is 0 Å². The van der Waals surface area contributed by atoms with Crippen LogP contribution in [-0.2, 0) is 16.4 Å². The normalized spacial score (nSPS) is 11.6. The zero-order chi connectivity index (χ0) is 12.0. The Balaban J connectivity index is 2.49. The van der Waals surface area contributed by atoms with Crippen molar-refractivity contribution in [2.24, 2.45) is 5.73 Å². The lowest BCUT2D eigenvalue weighted by molar-refractivity contribution is 0.599. The molecule has 0 heterocycles. The first-order valence-corrected chi connectivity index (χ1v) is 8.00. The number of nitrogens with two attached hydrogens (primary N) is 1. The van der Waals surface area contributed by atoms with E-state index in [9.17, 15) is 8.42 Å². The number of rotatable bonds is 6. The van der Waals surface area contributed by atoms with Crippen LogP contribution in [0.25, 0.3) is 0 Å². The van der Waals surface area contributed by atoms with Crippen molar-refractivity contribution >= 4 is 21.6 Å². The van der Waals surface area contributed by atoms with Crippen molar-refractivity contribution in [3.8, 4) is 0 Å². The predicted molar refractivity (Wildman–Crippen MR) is 69.4 cm³/mol.